The molecule has 1 aromatic carbocycles. The van der Waals surface area contributed by atoms with Gasteiger partial charge in [0.05, 0.1) is 0 Å². The third-order valence-corrected chi connectivity index (χ3v) is 5.29. The van der Waals surface area contributed by atoms with Crippen molar-refractivity contribution in [2.45, 2.75) is 54.7 Å². The molecule has 0 radical (unpaired) electrons. The summed E-state index contributed by atoms with van der Waals surface area (Å²) in [7, 11) is 2.10. The van der Waals surface area contributed by atoms with Crippen LogP contribution in [0.2, 0.25) is 5.02 Å². The summed E-state index contributed by atoms with van der Waals surface area (Å²) in [6, 6.07) is 8.87. The molecule has 2 rings (SSSR count). The Morgan fingerprint density at radius 2 is 1.94 bits per heavy atom. The van der Waals surface area contributed by atoms with E-state index in [1.165, 1.54) is 43.4 Å². The van der Waals surface area contributed by atoms with Crippen LogP contribution in [0.15, 0.2) is 29.2 Å². The molecule has 0 bridgehead atoms. The third kappa shape index (κ3) is 4.18. The highest BCUT2D eigenvalue weighted by molar-refractivity contribution is 8.00. The number of hydrogen-bond donors (Lipinski definition) is 1. The Kier molecular flexibility index (Phi) is 5.87. The standard InChI is InChI=1S/C15H22ClNS/c1-17-14-9-4-2-3-5-10-15(14)18-13-8-6-7-12(16)11-13/h6-8,11,14-15,17H,2-5,9-10H2,1H3. The Bertz CT molecular complexity index is 369. The summed E-state index contributed by atoms with van der Waals surface area (Å²) in [5.74, 6) is 0. The van der Waals surface area contributed by atoms with Crippen molar-refractivity contribution >= 4 is 23.4 Å². The van der Waals surface area contributed by atoms with Gasteiger partial charge in [0.25, 0.3) is 0 Å². The lowest BCUT2D eigenvalue weighted by molar-refractivity contribution is 0.420. The lowest BCUT2D eigenvalue weighted by atomic mass is 9.96. The molecule has 100 valence electrons. The number of hydrogen-bond acceptors (Lipinski definition) is 2. The fourth-order valence-electron chi connectivity index (χ4n) is 2.64. The maximum Gasteiger partial charge on any atom is 0.0417 e. The van der Waals surface area contributed by atoms with E-state index in [0.717, 1.165) is 5.02 Å². The first-order valence-electron chi connectivity index (χ1n) is 6.89. The smallest absolute Gasteiger partial charge is 0.0417 e. The van der Waals surface area contributed by atoms with Crippen LogP contribution < -0.4 is 5.32 Å². The Balaban J connectivity index is 2.03. The van der Waals surface area contributed by atoms with Crippen LogP contribution in [0.4, 0.5) is 0 Å². The molecule has 0 heterocycles. The van der Waals surface area contributed by atoms with Crippen LogP contribution in [-0.2, 0) is 0 Å². The topological polar surface area (TPSA) is 12.0 Å². The van der Waals surface area contributed by atoms with Crippen LogP contribution in [0.25, 0.3) is 0 Å². The average molecular weight is 284 g/mol. The summed E-state index contributed by atoms with van der Waals surface area (Å²) in [6.45, 7) is 0. The highest BCUT2D eigenvalue weighted by atomic mass is 35.5. The first kappa shape index (κ1) is 14.2. The van der Waals surface area contributed by atoms with Crippen molar-refractivity contribution in [3.8, 4) is 0 Å². The van der Waals surface area contributed by atoms with Gasteiger partial charge in [-0.1, -0.05) is 43.4 Å². The second kappa shape index (κ2) is 7.42. The highest BCUT2D eigenvalue weighted by Crippen LogP contribution is 2.33. The zero-order valence-corrected chi connectivity index (χ0v) is 12.6. The van der Waals surface area contributed by atoms with Gasteiger partial charge in [0.2, 0.25) is 0 Å². The monoisotopic (exact) mass is 283 g/mol. The van der Waals surface area contributed by atoms with E-state index in [4.69, 9.17) is 11.6 Å². The van der Waals surface area contributed by atoms with Crippen LogP contribution in [-0.4, -0.2) is 18.3 Å². The molecule has 0 amide bonds. The van der Waals surface area contributed by atoms with E-state index in [9.17, 15) is 0 Å². The molecular weight excluding hydrogens is 262 g/mol. The Morgan fingerprint density at radius 1 is 1.17 bits per heavy atom. The minimum absolute atomic E-state index is 0.634. The van der Waals surface area contributed by atoms with Gasteiger partial charge in [0.1, 0.15) is 0 Å². The Hall–Kier alpha value is -0.180. The second-order valence-corrected chi connectivity index (χ2v) is 6.75. The summed E-state index contributed by atoms with van der Waals surface area (Å²) in [4.78, 5) is 1.30. The first-order chi connectivity index (χ1) is 8.79. The normalized spacial score (nSPS) is 25.4. The van der Waals surface area contributed by atoms with Crippen LogP contribution in [0.5, 0.6) is 0 Å². The van der Waals surface area contributed by atoms with Crippen LogP contribution in [0.3, 0.4) is 0 Å². The van der Waals surface area contributed by atoms with Crippen molar-refractivity contribution in [3.63, 3.8) is 0 Å². The first-order valence-corrected chi connectivity index (χ1v) is 8.15. The highest BCUT2D eigenvalue weighted by Gasteiger charge is 2.22. The largest absolute Gasteiger partial charge is 0.316 e. The van der Waals surface area contributed by atoms with Gasteiger partial charge in [0.15, 0.2) is 0 Å². The van der Waals surface area contributed by atoms with Gasteiger partial charge in [-0.15, -0.1) is 11.8 Å². The van der Waals surface area contributed by atoms with Gasteiger partial charge in [-0.05, 0) is 38.1 Å². The van der Waals surface area contributed by atoms with E-state index in [-0.39, 0.29) is 0 Å². The zero-order valence-electron chi connectivity index (χ0n) is 11.0. The fraction of sp³-hybridized carbons (Fsp3) is 0.600. The van der Waals surface area contributed by atoms with Gasteiger partial charge in [-0.25, -0.2) is 0 Å². The predicted octanol–water partition coefficient (Wildman–Crippen LogP) is 4.74. The number of nitrogens with one attached hydrogen (secondary N) is 1. The summed E-state index contributed by atoms with van der Waals surface area (Å²) < 4.78 is 0. The van der Waals surface area contributed by atoms with Gasteiger partial charge < -0.3 is 5.32 Å². The maximum absolute atomic E-state index is 6.06. The quantitative estimate of drug-likeness (QED) is 0.860. The summed E-state index contributed by atoms with van der Waals surface area (Å²) in [5.41, 5.74) is 0. The predicted molar refractivity (Wildman–Crippen MR) is 81.6 cm³/mol. The van der Waals surface area contributed by atoms with E-state index in [1.807, 2.05) is 23.9 Å². The lowest BCUT2D eigenvalue weighted by Crippen LogP contribution is -2.36. The van der Waals surface area contributed by atoms with Crippen molar-refractivity contribution < 1.29 is 0 Å². The molecule has 1 nitrogen and oxygen atoms in total. The van der Waals surface area contributed by atoms with Gasteiger partial charge in [-0.2, -0.15) is 0 Å². The van der Waals surface area contributed by atoms with Gasteiger partial charge >= 0.3 is 0 Å². The SMILES string of the molecule is CNC1CCCCCCC1Sc1cccc(Cl)c1. The molecule has 2 atom stereocenters. The summed E-state index contributed by atoms with van der Waals surface area (Å²) in [5, 5.41) is 5.02. The maximum atomic E-state index is 6.06. The van der Waals surface area contributed by atoms with Crippen LogP contribution in [0.1, 0.15) is 38.5 Å². The summed E-state index contributed by atoms with van der Waals surface area (Å²) in [6.07, 6.45) is 8.11. The van der Waals surface area contributed by atoms with Crippen molar-refractivity contribution in [3.05, 3.63) is 29.3 Å². The number of thioether (sulfide) groups is 1. The molecule has 1 aliphatic carbocycles. The molecule has 0 aliphatic heterocycles. The molecular formula is C15H22ClNS. The lowest BCUT2D eigenvalue weighted by Gasteiger charge is -2.28. The molecule has 2 unspecified atom stereocenters. The van der Waals surface area contributed by atoms with Crippen molar-refractivity contribution in [1.29, 1.82) is 0 Å². The zero-order chi connectivity index (χ0) is 12.8. The van der Waals surface area contributed by atoms with E-state index in [0.29, 0.717) is 11.3 Å². The average Bonchev–Trinajstić information content (AvgIpc) is 2.33. The molecule has 1 fully saturated rings. The molecule has 1 saturated carbocycles. The van der Waals surface area contributed by atoms with Crippen molar-refractivity contribution in [2.75, 3.05) is 7.05 Å². The minimum atomic E-state index is 0.634. The van der Waals surface area contributed by atoms with Crippen LogP contribution >= 0.6 is 23.4 Å². The molecule has 18 heavy (non-hydrogen) atoms. The third-order valence-electron chi connectivity index (χ3n) is 3.66. The van der Waals surface area contributed by atoms with Crippen molar-refractivity contribution in [1.82, 2.24) is 5.32 Å². The molecule has 1 N–H and O–H groups in total. The molecule has 0 spiro atoms. The molecule has 1 aromatic rings. The van der Waals surface area contributed by atoms with Crippen molar-refractivity contribution in [2.24, 2.45) is 0 Å². The van der Waals surface area contributed by atoms with E-state index >= 15 is 0 Å². The molecule has 0 aromatic heterocycles. The van der Waals surface area contributed by atoms with Crippen LogP contribution in [0, 0.1) is 0 Å². The molecule has 3 heteroatoms. The number of rotatable bonds is 3. The number of halogens is 1. The van der Waals surface area contributed by atoms with E-state index in [1.54, 1.807) is 0 Å². The van der Waals surface area contributed by atoms with E-state index in [2.05, 4.69) is 24.5 Å². The molecule has 0 saturated heterocycles. The number of benzene rings is 1. The summed E-state index contributed by atoms with van der Waals surface area (Å²) >= 11 is 8.05. The Morgan fingerprint density at radius 3 is 2.67 bits per heavy atom. The molecule has 1 aliphatic rings. The fourth-order valence-corrected chi connectivity index (χ4v) is 4.31. The van der Waals surface area contributed by atoms with Gasteiger partial charge in [0, 0.05) is 21.2 Å². The Labute approximate surface area is 120 Å². The van der Waals surface area contributed by atoms with Gasteiger partial charge in [-0.3, -0.25) is 0 Å². The second-order valence-electron chi connectivity index (χ2n) is 5.00. The van der Waals surface area contributed by atoms with E-state index < -0.39 is 0 Å². The minimum Gasteiger partial charge on any atom is -0.316 e.